The number of nitrogens with one attached hydrogen (secondary N) is 1. The van der Waals surface area contributed by atoms with E-state index in [1.54, 1.807) is 13.2 Å². The van der Waals surface area contributed by atoms with Gasteiger partial charge in [0.1, 0.15) is 17.6 Å². The van der Waals surface area contributed by atoms with Crippen LogP contribution in [0.4, 0.5) is 5.82 Å². The van der Waals surface area contributed by atoms with Gasteiger partial charge in [0.2, 0.25) is 0 Å². The Kier molecular flexibility index (Phi) is 5.03. The highest BCUT2D eigenvalue weighted by atomic mass is 35.5. The highest BCUT2D eigenvalue weighted by Gasteiger charge is 2.06. The Morgan fingerprint density at radius 1 is 1.62 bits per heavy atom. The van der Waals surface area contributed by atoms with E-state index in [2.05, 4.69) is 21.2 Å². The number of rotatable bonds is 5. The number of hydrogen-bond donors (Lipinski definition) is 1. The van der Waals surface area contributed by atoms with Crippen molar-refractivity contribution in [3.05, 3.63) is 17.0 Å². The zero-order valence-corrected chi connectivity index (χ0v) is 10.1. The van der Waals surface area contributed by atoms with Crippen LogP contribution >= 0.6 is 11.6 Å². The molecule has 0 saturated carbocycles. The molecule has 1 aromatic rings. The summed E-state index contributed by atoms with van der Waals surface area (Å²) in [4.78, 5) is 8.25. The summed E-state index contributed by atoms with van der Waals surface area (Å²) in [6.07, 6.45) is 6.17. The lowest BCUT2D eigenvalue weighted by Gasteiger charge is -2.12. The lowest BCUT2D eigenvalue weighted by atomic mass is 10.2. The molecule has 0 spiro atoms. The summed E-state index contributed by atoms with van der Waals surface area (Å²) >= 11 is 5.86. The highest BCUT2D eigenvalue weighted by Crippen LogP contribution is 2.13. The van der Waals surface area contributed by atoms with Crippen LogP contribution in [0.2, 0.25) is 5.15 Å². The summed E-state index contributed by atoms with van der Waals surface area (Å²) < 4.78 is 4.94. The van der Waals surface area contributed by atoms with Crippen LogP contribution in [-0.4, -0.2) is 23.1 Å². The normalized spacial score (nSPS) is 11.9. The first-order valence-corrected chi connectivity index (χ1v) is 5.32. The minimum Gasteiger partial charge on any atom is -0.377 e. The van der Waals surface area contributed by atoms with Gasteiger partial charge in [0.25, 0.3) is 0 Å². The average molecular weight is 240 g/mol. The van der Waals surface area contributed by atoms with Crippen LogP contribution in [0.25, 0.3) is 0 Å². The number of ether oxygens (including phenoxy) is 1. The van der Waals surface area contributed by atoms with Gasteiger partial charge in [-0.1, -0.05) is 24.4 Å². The second-order valence-corrected chi connectivity index (χ2v) is 3.58. The van der Waals surface area contributed by atoms with E-state index in [1.807, 2.05) is 6.92 Å². The summed E-state index contributed by atoms with van der Waals surface area (Å²) in [5.74, 6) is 3.78. The zero-order valence-electron chi connectivity index (χ0n) is 9.33. The maximum absolute atomic E-state index is 5.86. The summed E-state index contributed by atoms with van der Waals surface area (Å²) in [6.45, 7) is 2.32. The van der Waals surface area contributed by atoms with Gasteiger partial charge in [-0.3, -0.25) is 0 Å². The Labute approximate surface area is 100 Å². The van der Waals surface area contributed by atoms with E-state index in [1.165, 1.54) is 0 Å². The molecule has 5 heteroatoms. The van der Waals surface area contributed by atoms with Gasteiger partial charge in [0, 0.05) is 13.2 Å². The second kappa shape index (κ2) is 6.31. The third-order valence-corrected chi connectivity index (χ3v) is 2.14. The molecule has 86 valence electrons. The van der Waals surface area contributed by atoms with Crippen molar-refractivity contribution in [2.24, 2.45) is 0 Å². The van der Waals surface area contributed by atoms with Crippen molar-refractivity contribution in [3.8, 4) is 12.3 Å². The number of methoxy groups -OCH3 is 1. The number of halogens is 1. The number of hydrogen-bond acceptors (Lipinski definition) is 4. The molecule has 1 unspecified atom stereocenters. The van der Waals surface area contributed by atoms with Crippen LogP contribution in [0, 0.1) is 12.3 Å². The van der Waals surface area contributed by atoms with Crippen molar-refractivity contribution in [2.45, 2.75) is 26.0 Å². The molecule has 0 aromatic carbocycles. The van der Waals surface area contributed by atoms with Gasteiger partial charge in [-0.05, 0) is 6.42 Å². The Morgan fingerprint density at radius 3 is 2.94 bits per heavy atom. The van der Waals surface area contributed by atoms with Crippen molar-refractivity contribution in [1.29, 1.82) is 0 Å². The molecular weight excluding hydrogens is 226 g/mol. The molecule has 0 aliphatic rings. The third kappa shape index (κ3) is 3.69. The summed E-state index contributed by atoms with van der Waals surface area (Å²) in [5, 5.41) is 3.46. The summed E-state index contributed by atoms with van der Waals surface area (Å²) in [6, 6.07) is 1.59. The number of anilines is 1. The first-order valence-electron chi connectivity index (χ1n) is 4.94. The van der Waals surface area contributed by atoms with E-state index < -0.39 is 0 Å². The van der Waals surface area contributed by atoms with E-state index in [0.29, 0.717) is 23.4 Å². The Hall–Kier alpha value is -1.31. The van der Waals surface area contributed by atoms with E-state index >= 15 is 0 Å². The van der Waals surface area contributed by atoms with Gasteiger partial charge in [0.05, 0.1) is 6.04 Å². The standard InChI is InChI=1S/C11H14ClN3O/c1-4-8(5-2)13-10-6-9(12)14-11(15-10)7-16-3/h1,6,8H,5,7H2,2-3H3,(H,13,14,15). The molecule has 0 fully saturated rings. The molecule has 1 rings (SSSR count). The maximum atomic E-state index is 5.86. The second-order valence-electron chi connectivity index (χ2n) is 3.20. The van der Waals surface area contributed by atoms with Crippen molar-refractivity contribution in [3.63, 3.8) is 0 Å². The van der Waals surface area contributed by atoms with Gasteiger partial charge in [-0.15, -0.1) is 6.42 Å². The molecule has 0 radical (unpaired) electrons. The SMILES string of the molecule is C#CC(CC)Nc1cc(Cl)nc(COC)n1. The van der Waals surface area contributed by atoms with Crippen LogP contribution in [0.5, 0.6) is 0 Å². The smallest absolute Gasteiger partial charge is 0.158 e. The molecule has 1 atom stereocenters. The summed E-state index contributed by atoms with van der Waals surface area (Å²) in [7, 11) is 1.58. The zero-order chi connectivity index (χ0) is 12.0. The molecule has 16 heavy (non-hydrogen) atoms. The van der Waals surface area contributed by atoms with E-state index in [0.717, 1.165) is 6.42 Å². The molecule has 0 saturated heterocycles. The maximum Gasteiger partial charge on any atom is 0.158 e. The van der Waals surface area contributed by atoms with Gasteiger partial charge in [0.15, 0.2) is 5.82 Å². The largest absolute Gasteiger partial charge is 0.377 e. The number of terminal acetylenes is 1. The molecule has 0 bridgehead atoms. The van der Waals surface area contributed by atoms with Gasteiger partial charge in [-0.2, -0.15) is 0 Å². The van der Waals surface area contributed by atoms with Crippen molar-refractivity contribution in [2.75, 3.05) is 12.4 Å². The van der Waals surface area contributed by atoms with Crippen LogP contribution in [0.15, 0.2) is 6.07 Å². The van der Waals surface area contributed by atoms with Gasteiger partial charge < -0.3 is 10.1 Å². The first kappa shape index (κ1) is 12.8. The van der Waals surface area contributed by atoms with Crippen molar-refractivity contribution in [1.82, 2.24) is 9.97 Å². The average Bonchev–Trinajstić information content (AvgIpc) is 2.25. The molecule has 0 aliphatic heterocycles. The van der Waals surface area contributed by atoms with Crippen LogP contribution in [-0.2, 0) is 11.3 Å². The predicted molar refractivity (Wildman–Crippen MR) is 64.3 cm³/mol. The fraction of sp³-hybridized carbons (Fsp3) is 0.455. The minimum absolute atomic E-state index is 0.0543. The lowest BCUT2D eigenvalue weighted by molar-refractivity contribution is 0.178. The third-order valence-electron chi connectivity index (χ3n) is 1.95. The monoisotopic (exact) mass is 239 g/mol. The fourth-order valence-electron chi connectivity index (χ4n) is 1.17. The molecule has 1 heterocycles. The minimum atomic E-state index is -0.0543. The molecule has 1 N–H and O–H groups in total. The van der Waals surface area contributed by atoms with Crippen molar-refractivity contribution >= 4 is 17.4 Å². The predicted octanol–water partition coefficient (Wildman–Crippen LogP) is 2.10. The van der Waals surface area contributed by atoms with E-state index in [4.69, 9.17) is 22.8 Å². The number of nitrogens with zero attached hydrogens (tertiary/aromatic N) is 2. The quantitative estimate of drug-likeness (QED) is 0.632. The van der Waals surface area contributed by atoms with E-state index in [9.17, 15) is 0 Å². The Bertz CT molecular complexity index is 389. The Balaban J connectivity index is 2.84. The molecule has 0 amide bonds. The van der Waals surface area contributed by atoms with Crippen LogP contribution in [0.1, 0.15) is 19.2 Å². The topological polar surface area (TPSA) is 47.0 Å². The van der Waals surface area contributed by atoms with Crippen molar-refractivity contribution < 1.29 is 4.74 Å². The molecule has 4 nitrogen and oxygen atoms in total. The fourth-order valence-corrected chi connectivity index (χ4v) is 1.37. The summed E-state index contributed by atoms with van der Waals surface area (Å²) in [5.41, 5.74) is 0. The molecule has 1 aromatic heterocycles. The first-order chi connectivity index (χ1) is 7.69. The molecular formula is C11H14ClN3O. The highest BCUT2D eigenvalue weighted by molar-refractivity contribution is 6.29. The molecule has 0 aliphatic carbocycles. The lowest BCUT2D eigenvalue weighted by Crippen LogP contribution is -2.17. The van der Waals surface area contributed by atoms with Gasteiger partial charge >= 0.3 is 0 Å². The Morgan fingerprint density at radius 2 is 2.38 bits per heavy atom. The van der Waals surface area contributed by atoms with Gasteiger partial charge in [-0.25, -0.2) is 9.97 Å². The van der Waals surface area contributed by atoms with Crippen LogP contribution in [0.3, 0.4) is 0 Å². The van der Waals surface area contributed by atoms with Crippen LogP contribution < -0.4 is 5.32 Å². The van der Waals surface area contributed by atoms with E-state index in [-0.39, 0.29) is 6.04 Å². The number of aromatic nitrogens is 2.